The topological polar surface area (TPSA) is 67.8 Å². The lowest BCUT2D eigenvalue weighted by Crippen LogP contribution is -2.14. The lowest BCUT2D eigenvalue weighted by molar-refractivity contribution is 0.317. The van der Waals surface area contributed by atoms with Gasteiger partial charge in [0.2, 0.25) is 0 Å². The van der Waals surface area contributed by atoms with E-state index in [0.717, 1.165) is 0 Å². The van der Waals surface area contributed by atoms with Gasteiger partial charge in [0.1, 0.15) is 5.75 Å². The average molecular weight is 215 g/mol. The highest BCUT2D eigenvalue weighted by Crippen LogP contribution is 2.22. The van der Waals surface area contributed by atoms with E-state index in [1.807, 2.05) is 6.92 Å². The Balaban J connectivity index is 3.15. The fourth-order valence-electron chi connectivity index (χ4n) is 1.04. The van der Waals surface area contributed by atoms with Gasteiger partial charge in [-0.25, -0.2) is 0 Å². The molecule has 0 saturated carbocycles. The zero-order valence-corrected chi connectivity index (χ0v) is 8.45. The van der Waals surface area contributed by atoms with Gasteiger partial charge in [0, 0.05) is 5.02 Å². The summed E-state index contributed by atoms with van der Waals surface area (Å²) in [6, 6.07) is 4.95. The average Bonchev–Trinajstić information content (AvgIpc) is 2.20. The van der Waals surface area contributed by atoms with Crippen molar-refractivity contribution in [3.8, 4) is 5.75 Å². The molecule has 0 aromatic heterocycles. The Labute approximate surface area is 86.9 Å². The lowest BCUT2D eigenvalue weighted by Gasteiger charge is -2.08. The van der Waals surface area contributed by atoms with Crippen LogP contribution in [0.25, 0.3) is 0 Å². The van der Waals surface area contributed by atoms with Gasteiger partial charge in [0.25, 0.3) is 0 Å². The quantitative estimate of drug-likeness (QED) is 0.349. The van der Waals surface area contributed by atoms with E-state index in [2.05, 4.69) is 5.16 Å². The summed E-state index contributed by atoms with van der Waals surface area (Å²) in [5.41, 5.74) is 5.94. The fourth-order valence-corrected chi connectivity index (χ4v) is 1.21. The minimum atomic E-state index is -0.0176. The first-order valence-electron chi connectivity index (χ1n) is 4.09. The molecule has 0 aliphatic carbocycles. The highest BCUT2D eigenvalue weighted by atomic mass is 35.5. The first-order chi connectivity index (χ1) is 6.69. The summed E-state index contributed by atoms with van der Waals surface area (Å²) in [5, 5.41) is 11.9. The van der Waals surface area contributed by atoms with Crippen LogP contribution in [0.1, 0.15) is 12.5 Å². The number of hydrogen-bond acceptors (Lipinski definition) is 3. The normalized spacial score (nSPS) is 11.4. The third kappa shape index (κ3) is 2.29. The van der Waals surface area contributed by atoms with E-state index in [-0.39, 0.29) is 5.84 Å². The van der Waals surface area contributed by atoms with Crippen LogP contribution in [0.3, 0.4) is 0 Å². The van der Waals surface area contributed by atoms with Crippen molar-refractivity contribution in [3.05, 3.63) is 28.8 Å². The van der Waals surface area contributed by atoms with Crippen molar-refractivity contribution >= 4 is 17.4 Å². The van der Waals surface area contributed by atoms with Crippen LogP contribution < -0.4 is 10.5 Å². The number of hydrogen-bond donors (Lipinski definition) is 2. The molecule has 1 rings (SSSR count). The second kappa shape index (κ2) is 4.72. The van der Waals surface area contributed by atoms with Crippen LogP contribution >= 0.6 is 11.6 Å². The van der Waals surface area contributed by atoms with Crippen molar-refractivity contribution in [1.29, 1.82) is 0 Å². The number of oxime groups is 1. The zero-order chi connectivity index (χ0) is 10.6. The summed E-state index contributed by atoms with van der Waals surface area (Å²) in [6.45, 7) is 2.36. The molecule has 76 valence electrons. The van der Waals surface area contributed by atoms with Crippen LogP contribution in [0.15, 0.2) is 23.4 Å². The molecule has 0 spiro atoms. The van der Waals surface area contributed by atoms with Gasteiger partial charge in [-0.1, -0.05) is 16.8 Å². The molecule has 0 saturated heterocycles. The Kier molecular flexibility index (Phi) is 3.59. The maximum Gasteiger partial charge on any atom is 0.173 e. The summed E-state index contributed by atoms with van der Waals surface area (Å²) in [7, 11) is 0. The van der Waals surface area contributed by atoms with E-state index in [9.17, 15) is 0 Å². The molecule has 1 aromatic carbocycles. The molecule has 0 unspecified atom stereocenters. The fraction of sp³-hybridized carbons (Fsp3) is 0.222. The standard InChI is InChI=1S/C9H11ClN2O2/c1-2-14-8-4-3-6(10)5-7(8)9(11)12-13/h3-5,13H,2H2,1H3,(H2,11,12). The number of amidine groups is 1. The SMILES string of the molecule is CCOc1ccc(Cl)cc1C(N)=NO. The van der Waals surface area contributed by atoms with E-state index < -0.39 is 0 Å². The molecule has 4 nitrogen and oxygen atoms in total. The molecule has 0 fully saturated rings. The third-order valence-electron chi connectivity index (χ3n) is 1.63. The van der Waals surface area contributed by atoms with Gasteiger partial charge in [-0.3, -0.25) is 0 Å². The van der Waals surface area contributed by atoms with Crippen LogP contribution in [0.2, 0.25) is 5.02 Å². The predicted molar refractivity (Wildman–Crippen MR) is 55.1 cm³/mol. The van der Waals surface area contributed by atoms with Gasteiger partial charge in [-0.05, 0) is 25.1 Å². The van der Waals surface area contributed by atoms with Gasteiger partial charge < -0.3 is 15.7 Å². The highest BCUT2D eigenvalue weighted by Gasteiger charge is 2.08. The number of halogens is 1. The van der Waals surface area contributed by atoms with Crippen LogP contribution in [-0.4, -0.2) is 17.6 Å². The smallest absolute Gasteiger partial charge is 0.173 e. The molecule has 5 heteroatoms. The first kappa shape index (κ1) is 10.7. The Bertz CT molecular complexity index is 353. The van der Waals surface area contributed by atoms with Gasteiger partial charge in [0.15, 0.2) is 5.84 Å². The van der Waals surface area contributed by atoms with E-state index in [1.165, 1.54) is 0 Å². The second-order valence-electron chi connectivity index (χ2n) is 2.56. The number of benzene rings is 1. The summed E-state index contributed by atoms with van der Waals surface area (Å²) >= 11 is 5.77. The summed E-state index contributed by atoms with van der Waals surface area (Å²) in [4.78, 5) is 0. The number of nitrogens with two attached hydrogens (primary N) is 1. The molecule has 0 amide bonds. The summed E-state index contributed by atoms with van der Waals surface area (Å²) < 4.78 is 5.28. The van der Waals surface area contributed by atoms with Crippen LogP contribution in [0.4, 0.5) is 0 Å². The van der Waals surface area contributed by atoms with Crippen molar-refractivity contribution in [2.75, 3.05) is 6.61 Å². The number of rotatable bonds is 3. The van der Waals surface area contributed by atoms with Crippen LogP contribution in [-0.2, 0) is 0 Å². The highest BCUT2D eigenvalue weighted by molar-refractivity contribution is 6.31. The van der Waals surface area contributed by atoms with Crippen molar-refractivity contribution in [3.63, 3.8) is 0 Å². The minimum absolute atomic E-state index is 0.0176. The first-order valence-corrected chi connectivity index (χ1v) is 4.47. The van der Waals surface area contributed by atoms with Gasteiger partial charge in [-0.15, -0.1) is 0 Å². The molecule has 0 atom stereocenters. The van der Waals surface area contributed by atoms with E-state index >= 15 is 0 Å². The Morgan fingerprint density at radius 1 is 1.64 bits per heavy atom. The van der Waals surface area contributed by atoms with E-state index in [0.29, 0.717) is 22.9 Å². The molecule has 1 aromatic rings. The third-order valence-corrected chi connectivity index (χ3v) is 1.86. The number of ether oxygens (including phenoxy) is 1. The van der Waals surface area contributed by atoms with Crippen LogP contribution in [0, 0.1) is 0 Å². The maximum absolute atomic E-state index is 8.54. The summed E-state index contributed by atoms with van der Waals surface area (Å²) in [5.74, 6) is 0.531. The van der Waals surface area contributed by atoms with Crippen molar-refractivity contribution in [2.24, 2.45) is 10.9 Å². The molecular formula is C9H11ClN2O2. The van der Waals surface area contributed by atoms with E-state index in [1.54, 1.807) is 18.2 Å². The number of nitrogens with zero attached hydrogens (tertiary/aromatic N) is 1. The second-order valence-corrected chi connectivity index (χ2v) is 3.00. The van der Waals surface area contributed by atoms with Crippen molar-refractivity contribution in [1.82, 2.24) is 0 Å². The van der Waals surface area contributed by atoms with Crippen molar-refractivity contribution in [2.45, 2.75) is 6.92 Å². The van der Waals surface area contributed by atoms with E-state index in [4.69, 9.17) is 27.3 Å². The Hall–Kier alpha value is -1.42. The van der Waals surface area contributed by atoms with Crippen molar-refractivity contribution < 1.29 is 9.94 Å². The maximum atomic E-state index is 8.54. The van der Waals surface area contributed by atoms with Gasteiger partial charge >= 0.3 is 0 Å². The molecule has 0 bridgehead atoms. The molecule has 0 radical (unpaired) electrons. The molecule has 0 heterocycles. The molecule has 0 aliphatic rings. The Morgan fingerprint density at radius 3 is 2.93 bits per heavy atom. The van der Waals surface area contributed by atoms with Crippen LogP contribution in [0.5, 0.6) is 5.75 Å². The lowest BCUT2D eigenvalue weighted by atomic mass is 10.2. The molecular weight excluding hydrogens is 204 g/mol. The minimum Gasteiger partial charge on any atom is -0.493 e. The molecule has 14 heavy (non-hydrogen) atoms. The molecule has 0 aliphatic heterocycles. The largest absolute Gasteiger partial charge is 0.493 e. The van der Waals surface area contributed by atoms with Gasteiger partial charge in [0.05, 0.1) is 12.2 Å². The zero-order valence-electron chi connectivity index (χ0n) is 7.70. The predicted octanol–water partition coefficient (Wildman–Crippen LogP) is 1.83. The Morgan fingerprint density at radius 2 is 2.36 bits per heavy atom. The monoisotopic (exact) mass is 214 g/mol. The molecule has 3 N–H and O–H groups in total. The summed E-state index contributed by atoms with van der Waals surface area (Å²) in [6.07, 6.45) is 0. The van der Waals surface area contributed by atoms with Gasteiger partial charge in [-0.2, -0.15) is 0 Å².